The molecule has 7 heteroatoms. The summed E-state index contributed by atoms with van der Waals surface area (Å²) in [6, 6.07) is 0.137. The Hall–Kier alpha value is -0.250. The maximum Gasteiger partial charge on any atom is 0.243 e. The van der Waals surface area contributed by atoms with E-state index in [0.29, 0.717) is 28.7 Å². The molecule has 2 amide bonds. The van der Waals surface area contributed by atoms with E-state index in [1.165, 1.54) is 38.5 Å². The summed E-state index contributed by atoms with van der Waals surface area (Å²) in [4.78, 5) is 23.3. The number of hydrogen-bond donors (Lipinski definition) is 4. The Labute approximate surface area is 165 Å². The van der Waals surface area contributed by atoms with Gasteiger partial charge in [0.1, 0.15) is 6.29 Å². The van der Waals surface area contributed by atoms with Crippen molar-refractivity contribution >= 4 is 34.4 Å². The van der Waals surface area contributed by atoms with Crippen LogP contribution in [0.3, 0.4) is 0 Å². The Morgan fingerprint density at radius 2 is 2.04 bits per heavy atom. The molecule has 2 saturated heterocycles. The van der Waals surface area contributed by atoms with Gasteiger partial charge < -0.3 is 0 Å². The van der Waals surface area contributed by atoms with Gasteiger partial charge in [0.2, 0.25) is 11.8 Å². The summed E-state index contributed by atoms with van der Waals surface area (Å²) >= 11 is 2.54. The molecule has 2 aliphatic heterocycles. The topological polar surface area (TPSA) is 82.3 Å². The number of nitrogens with one attached hydrogen (secondary N) is 4. The molecule has 2 aliphatic rings. The summed E-state index contributed by atoms with van der Waals surface area (Å²) in [5, 5.41) is 12.9. The molecular weight excluding hydrogens is 431 g/mol. The number of rotatable bonds is 9. The summed E-state index contributed by atoms with van der Waals surface area (Å²) < 4.78 is 0.536. The highest BCUT2D eigenvalue weighted by Crippen LogP contribution is 2.25. The summed E-state index contributed by atoms with van der Waals surface area (Å²) in [5.41, 5.74) is 0. The number of alkyl halides is 1. The highest BCUT2D eigenvalue weighted by Gasteiger charge is 2.35. The quantitative estimate of drug-likeness (QED) is 0.182. The van der Waals surface area contributed by atoms with Crippen LogP contribution in [0.15, 0.2) is 0 Å². The fraction of sp³-hybridized carbons (Fsp3) is 0.889. The molecule has 144 valence electrons. The van der Waals surface area contributed by atoms with E-state index in [4.69, 9.17) is 0 Å². The average Bonchev–Trinajstić information content (AvgIpc) is 2.59. The predicted octanol–water partition coefficient (Wildman–Crippen LogP) is 2.03. The van der Waals surface area contributed by atoms with Crippen LogP contribution in [0.1, 0.15) is 65.2 Å². The predicted molar refractivity (Wildman–Crippen MR) is 108 cm³/mol. The number of unbranched alkanes of at least 4 members (excludes halogenated alkanes) is 3. The fourth-order valence-electron chi connectivity index (χ4n) is 3.78. The molecule has 0 saturated carbocycles. The minimum absolute atomic E-state index is 0.0790. The van der Waals surface area contributed by atoms with E-state index in [1.54, 1.807) is 0 Å². The van der Waals surface area contributed by atoms with Crippen LogP contribution >= 0.6 is 22.6 Å². The molecule has 0 aromatic heterocycles. The van der Waals surface area contributed by atoms with Gasteiger partial charge in [0.05, 0.1) is 6.04 Å². The SMILES string of the molecule is CCCCCCC(CC)C1NC(NC2CCC(=O)NC2=O)NCC1I. The van der Waals surface area contributed by atoms with Gasteiger partial charge in [0.15, 0.2) is 0 Å². The first kappa shape index (κ1) is 21.1. The van der Waals surface area contributed by atoms with E-state index >= 15 is 0 Å². The molecule has 2 rings (SSSR count). The second-order valence-electron chi connectivity index (χ2n) is 7.24. The van der Waals surface area contributed by atoms with Gasteiger partial charge in [0, 0.05) is 22.9 Å². The molecule has 0 bridgehead atoms. The van der Waals surface area contributed by atoms with Crippen LogP contribution in [0.4, 0.5) is 0 Å². The standard InChI is InChI=1S/C18H33IN4O2/c1-3-5-6-7-8-12(4-2)16-13(19)11-20-18(23-16)21-14-9-10-15(24)22-17(14)25/h12-14,16,18,20-21,23H,3-11H2,1-2H3,(H,22,24,25). The first-order valence-corrected chi connectivity index (χ1v) is 11.0. The largest absolute Gasteiger partial charge is 0.295 e. The molecule has 5 unspecified atom stereocenters. The van der Waals surface area contributed by atoms with Crippen LogP contribution in [0.2, 0.25) is 0 Å². The van der Waals surface area contributed by atoms with Crippen LogP contribution in [0.25, 0.3) is 0 Å². The zero-order chi connectivity index (χ0) is 18.2. The van der Waals surface area contributed by atoms with E-state index in [-0.39, 0.29) is 24.1 Å². The Bertz CT molecular complexity index is 449. The molecule has 0 radical (unpaired) electrons. The maximum absolute atomic E-state index is 12.0. The molecule has 0 spiro atoms. The van der Waals surface area contributed by atoms with Crippen LogP contribution in [0, 0.1) is 5.92 Å². The molecule has 0 aliphatic carbocycles. The Morgan fingerprint density at radius 1 is 1.24 bits per heavy atom. The van der Waals surface area contributed by atoms with Crippen molar-refractivity contribution in [2.75, 3.05) is 6.54 Å². The van der Waals surface area contributed by atoms with Crippen molar-refractivity contribution in [3.63, 3.8) is 0 Å². The number of hydrogen-bond acceptors (Lipinski definition) is 5. The van der Waals surface area contributed by atoms with E-state index in [9.17, 15) is 9.59 Å². The zero-order valence-electron chi connectivity index (χ0n) is 15.4. The second kappa shape index (κ2) is 10.8. The first-order valence-electron chi connectivity index (χ1n) is 9.78. The summed E-state index contributed by atoms with van der Waals surface area (Å²) in [7, 11) is 0. The minimum atomic E-state index is -0.307. The molecule has 6 nitrogen and oxygen atoms in total. The molecule has 2 heterocycles. The van der Waals surface area contributed by atoms with Crippen molar-refractivity contribution in [1.29, 1.82) is 0 Å². The van der Waals surface area contributed by atoms with Crippen molar-refractivity contribution in [2.24, 2.45) is 5.92 Å². The van der Waals surface area contributed by atoms with Gasteiger partial charge in [-0.3, -0.25) is 30.9 Å². The lowest BCUT2D eigenvalue weighted by Gasteiger charge is -2.41. The van der Waals surface area contributed by atoms with Gasteiger partial charge in [-0.2, -0.15) is 0 Å². The third-order valence-corrected chi connectivity index (χ3v) is 6.55. The van der Waals surface area contributed by atoms with Crippen LogP contribution in [-0.2, 0) is 9.59 Å². The third-order valence-electron chi connectivity index (χ3n) is 5.33. The van der Waals surface area contributed by atoms with Gasteiger partial charge in [0.25, 0.3) is 0 Å². The Balaban J connectivity index is 1.86. The van der Waals surface area contributed by atoms with E-state index in [0.717, 1.165) is 6.54 Å². The van der Waals surface area contributed by atoms with Crippen LogP contribution < -0.4 is 21.3 Å². The molecule has 0 aromatic carbocycles. The lowest BCUT2D eigenvalue weighted by molar-refractivity contribution is -0.135. The number of piperidine rings is 1. The minimum Gasteiger partial charge on any atom is -0.295 e. The van der Waals surface area contributed by atoms with Gasteiger partial charge in [-0.05, 0) is 18.8 Å². The number of amides is 2. The molecule has 2 fully saturated rings. The van der Waals surface area contributed by atoms with E-state index in [1.807, 2.05) is 0 Å². The molecule has 4 N–H and O–H groups in total. The Morgan fingerprint density at radius 3 is 2.72 bits per heavy atom. The third kappa shape index (κ3) is 6.45. The lowest BCUT2D eigenvalue weighted by atomic mass is 9.88. The molecule has 5 atom stereocenters. The van der Waals surface area contributed by atoms with Crippen molar-refractivity contribution in [3.05, 3.63) is 0 Å². The first-order chi connectivity index (χ1) is 12.0. The van der Waals surface area contributed by atoms with Crippen LogP contribution in [0.5, 0.6) is 0 Å². The molecule has 0 aromatic rings. The van der Waals surface area contributed by atoms with Crippen molar-refractivity contribution in [1.82, 2.24) is 21.3 Å². The van der Waals surface area contributed by atoms with Crippen molar-refractivity contribution < 1.29 is 9.59 Å². The maximum atomic E-state index is 12.0. The number of carbonyl (C=O) groups excluding carboxylic acids is 2. The van der Waals surface area contributed by atoms with Gasteiger partial charge in [-0.15, -0.1) is 0 Å². The average molecular weight is 464 g/mol. The summed E-state index contributed by atoms with van der Waals surface area (Å²) in [5.74, 6) is 0.280. The van der Waals surface area contributed by atoms with Crippen LogP contribution in [-0.4, -0.2) is 40.7 Å². The highest BCUT2D eigenvalue weighted by atomic mass is 127. The summed E-state index contributed by atoms with van der Waals surface area (Å²) in [6.07, 6.45) is 8.55. The van der Waals surface area contributed by atoms with Gasteiger partial charge in [-0.25, -0.2) is 0 Å². The van der Waals surface area contributed by atoms with Crippen molar-refractivity contribution in [2.45, 2.75) is 87.5 Å². The van der Waals surface area contributed by atoms with Crippen molar-refractivity contribution in [3.8, 4) is 0 Å². The Kier molecular flexibility index (Phi) is 9.09. The smallest absolute Gasteiger partial charge is 0.243 e. The number of carbonyl (C=O) groups is 2. The molecule has 25 heavy (non-hydrogen) atoms. The molecular formula is C18H33IN4O2. The second-order valence-corrected chi connectivity index (χ2v) is 8.84. The highest BCUT2D eigenvalue weighted by molar-refractivity contribution is 14.1. The van der Waals surface area contributed by atoms with Gasteiger partial charge >= 0.3 is 0 Å². The lowest BCUT2D eigenvalue weighted by Crippen LogP contribution is -2.69. The summed E-state index contributed by atoms with van der Waals surface area (Å²) in [6.45, 7) is 5.45. The number of halogens is 1. The number of imide groups is 1. The fourth-order valence-corrected chi connectivity index (χ4v) is 4.83. The van der Waals surface area contributed by atoms with Gasteiger partial charge in [-0.1, -0.05) is 68.5 Å². The van der Waals surface area contributed by atoms with E-state index < -0.39 is 0 Å². The normalized spacial score (nSPS) is 31.6. The zero-order valence-corrected chi connectivity index (χ0v) is 17.6. The van der Waals surface area contributed by atoms with E-state index in [2.05, 4.69) is 57.7 Å². The monoisotopic (exact) mass is 464 g/mol.